The van der Waals surface area contributed by atoms with Crippen LogP contribution >= 0.6 is 0 Å². The zero-order chi connectivity index (χ0) is 25.7. The number of benzene rings is 1. The smallest absolute Gasteiger partial charge is 0.493 e. The van der Waals surface area contributed by atoms with Crippen molar-refractivity contribution in [2.45, 2.75) is 31.5 Å². The molecule has 2 N–H and O–H groups in total. The monoisotopic (exact) mass is 509 g/mol. The van der Waals surface area contributed by atoms with Gasteiger partial charge in [0.1, 0.15) is 40.8 Å². The van der Waals surface area contributed by atoms with Crippen LogP contribution in [-0.4, -0.2) is 23.0 Å². The lowest BCUT2D eigenvalue weighted by atomic mass is 9.92. The van der Waals surface area contributed by atoms with Crippen LogP contribution in [0.15, 0.2) is 60.2 Å². The molecule has 3 heterocycles. The van der Waals surface area contributed by atoms with Crippen molar-refractivity contribution in [2.24, 2.45) is 17.8 Å². The summed E-state index contributed by atoms with van der Waals surface area (Å²) < 4.78 is 50.2. The van der Waals surface area contributed by atoms with Gasteiger partial charge in [0, 0.05) is 36.4 Å². The van der Waals surface area contributed by atoms with Crippen molar-refractivity contribution in [3.8, 4) is 11.8 Å². The van der Waals surface area contributed by atoms with Gasteiger partial charge in [-0.1, -0.05) is 0 Å². The van der Waals surface area contributed by atoms with Crippen molar-refractivity contribution in [1.82, 2.24) is 4.98 Å². The number of anilines is 2. The summed E-state index contributed by atoms with van der Waals surface area (Å²) in [5, 5.41) is 5.20. The third kappa shape index (κ3) is 4.50. The van der Waals surface area contributed by atoms with E-state index in [9.17, 15) is 22.8 Å². The Balaban J connectivity index is 1.07. The van der Waals surface area contributed by atoms with Crippen LogP contribution < -0.4 is 15.4 Å². The van der Waals surface area contributed by atoms with E-state index in [4.69, 9.17) is 9.47 Å². The predicted molar refractivity (Wildman–Crippen MR) is 126 cm³/mol. The molecule has 2 aliphatic carbocycles. The summed E-state index contributed by atoms with van der Waals surface area (Å²) in [6.07, 6.45) is 2.31. The molecule has 1 saturated carbocycles. The maximum atomic E-state index is 12.7. The molecule has 8 nitrogen and oxygen atoms in total. The van der Waals surface area contributed by atoms with E-state index in [-0.39, 0.29) is 35.5 Å². The van der Waals surface area contributed by atoms with Crippen LogP contribution in [0.3, 0.4) is 0 Å². The maximum Gasteiger partial charge on any atom is 0.603 e. The van der Waals surface area contributed by atoms with Gasteiger partial charge in [0.25, 0.3) is 0 Å². The van der Waals surface area contributed by atoms with Gasteiger partial charge in [-0.2, -0.15) is 23.3 Å². The number of amides is 3. The highest BCUT2D eigenvalue weighted by Gasteiger charge is 2.64. The molecule has 6 rings (SSSR count). The van der Waals surface area contributed by atoms with Crippen molar-refractivity contribution in [3.63, 3.8) is 0 Å². The highest BCUT2D eigenvalue weighted by Crippen LogP contribution is 2.59. The van der Waals surface area contributed by atoms with Crippen LogP contribution in [0.1, 0.15) is 24.0 Å². The average molecular weight is 509 g/mol. The second kappa shape index (κ2) is 8.65. The van der Waals surface area contributed by atoms with Gasteiger partial charge >= 0.3 is 12.2 Å². The van der Waals surface area contributed by atoms with E-state index in [0.29, 0.717) is 30.8 Å². The Morgan fingerprint density at radius 3 is 2.78 bits per heavy atom. The Morgan fingerprint density at radius 1 is 1.19 bits per heavy atom. The molecule has 2 unspecified atom stereocenters. The van der Waals surface area contributed by atoms with Crippen LogP contribution in [0.5, 0.6) is 5.75 Å². The molecule has 188 valence electrons. The van der Waals surface area contributed by atoms with E-state index >= 15 is 0 Å². The lowest BCUT2D eigenvalue weighted by Crippen LogP contribution is -2.21. The number of allylic oxidation sites excluding steroid dienone is 4. The van der Waals surface area contributed by atoms with Crippen molar-refractivity contribution in [2.75, 3.05) is 10.6 Å². The fourth-order valence-electron chi connectivity index (χ4n) is 4.99. The maximum absolute atomic E-state index is 12.7. The third-order valence-electron chi connectivity index (χ3n) is 6.86. The summed E-state index contributed by atoms with van der Waals surface area (Å²) in [6.45, 7) is 0. The first-order valence-corrected chi connectivity index (χ1v) is 11.7. The van der Waals surface area contributed by atoms with Gasteiger partial charge in [-0.3, -0.25) is 4.79 Å². The molecule has 2 aliphatic heterocycles. The minimum Gasteiger partial charge on any atom is -0.493 e. The van der Waals surface area contributed by atoms with E-state index in [0.717, 1.165) is 29.2 Å². The van der Waals surface area contributed by atoms with Crippen LogP contribution in [-0.2, 0) is 22.1 Å². The number of carbonyl (C=O) groups is 2. The molecule has 2 aromatic rings. The summed E-state index contributed by atoms with van der Waals surface area (Å²) in [5.74, 6) is 2.73. The number of halogens is 3. The molecular weight excluding hydrogens is 489 g/mol. The quantitative estimate of drug-likeness (QED) is 0.581. The van der Waals surface area contributed by atoms with Crippen molar-refractivity contribution < 1.29 is 32.2 Å². The third-order valence-corrected chi connectivity index (χ3v) is 6.86. The SMILES string of the molecule is O=C1CCc2c(OC3=CC=C4O[C@@H]5C(C#[N+]C(=O)Nc6ccc(C(F)(F)F)cc6)[C@@H]5C4C3)ccnc2N1. The van der Waals surface area contributed by atoms with Crippen molar-refractivity contribution in [3.05, 3.63) is 76.2 Å². The molecule has 11 heteroatoms. The summed E-state index contributed by atoms with van der Waals surface area (Å²) in [5.41, 5.74) is 0.271. The van der Waals surface area contributed by atoms with E-state index < -0.39 is 17.8 Å². The molecule has 0 spiro atoms. The zero-order valence-electron chi connectivity index (χ0n) is 19.2. The van der Waals surface area contributed by atoms with E-state index in [2.05, 4.69) is 26.5 Å². The fourth-order valence-corrected chi connectivity index (χ4v) is 4.99. The highest BCUT2D eigenvalue weighted by molar-refractivity contribution is 5.97. The number of aromatic nitrogens is 1. The summed E-state index contributed by atoms with van der Waals surface area (Å²) in [4.78, 5) is 31.8. The van der Waals surface area contributed by atoms with Crippen LogP contribution in [0.2, 0.25) is 0 Å². The number of hydrogen-bond acceptors (Lipinski definition) is 5. The Hall–Kier alpha value is -4.33. The Labute approximate surface area is 209 Å². The first-order valence-electron chi connectivity index (χ1n) is 11.7. The summed E-state index contributed by atoms with van der Waals surface area (Å²) >= 11 is 0. The van der Waals surface area contributed by atoms with Crippen LogP contribution in [0.25, 0.3) is 4.85 Å². The van der Waals surface area contributed by atoms with Crippen LogP contribution in [0, 0.1) is 23.8 Å². The number of fused-ring (bicyclic) bond motifs is 4. The molecule has 1 saturated heterocycles. The number of hydrogen-bond donors (Lipinski definition) is 2. The zero-order valence-corrected chi connectivity index (χ0v) is 19.2. The molecular formula is C26H20F3N4O4+. The molecule has 1 aromatic heterocycles. The van der Waals surface area contributed by atoms with Gasteiger partial charge in [0.15, 0.2) is 6.07 Å². The number of urea groups is 1. The second-order valence-corrected chi connectivity index (χ2v) is 9.23. The fraction of sp³-hybridized carbons (Fsp3) is 0.308. The molecule has 4 atom stereocenters. The number of ether oxygens (including phenoxy) is 2. The van der Waals surface area contributed by atoms with Crippen molar-refractivity contribution >= 4 is 23.4 Å². The number of pyridine rings is 1. The standard InChI is InChI=1S/C26H19F3N4O4/c27-26(28,29)13-1-3-14(4-2-13)32-25(35)31-12-18-22-17-11-15(5-7-19(17)37-23(18)22)36-20-9-10-30-24-16(20)6-8-21(34)33-24/h1-5,7,9-10,17-18,22-23H,6,8,11H2,(H-,30,32,33,34,35)/p+1/t17?,18?,22-,23+/m0/s1. The van der Waals surface area contributed by atoms with Gasteiger partial charge in [-0.25, -0.2) is 4.98 Å². The highest BCUT2D eigenvalue weighted by atomic mass is 19.4. The second-order valence-electron chi connectivity index (χ2n) is 9.23. The minimum atomic E-state index is -4.44. The molecule has 4 aliphatic rings. The van der Waals surface area contributed by atoms with Gasteiger partial charge < -0.3 is 14.8 Å². The van der Waals surface area contributed by atoms with Gasteiger partial charge in [-0.15, -0.1) is 4.85 Å². The normalized spacial score (nSPS) is 25.0. The summed E-state index contributed by atoms with van der Waals surface area (Å²) in [7, 11) is 0. The molecule has 1 aromatic carbocycles. The van der Waals surface area contributed by atoms with Gasteiger partial charge in [0.05, 0.1) is 5.56 Å². The number of alkyl halides is 3. The lowest BCUT2D eigenvalue weighted by Gasteiger charge is -2.23. The molecule has 3 amide bonds. The molecule has 37 heavy (non-hydrogen) atoms. The van der Waals surface area contributed by atoms with E-state index in [1.165, 1.54) is 12.1 Å². The average Bonchev–Trinajstić information content (AvgIpc) is 3.41. The van der Waals surface area contributed by atoms with Crippen LogP contribution in [0.4, 0.5) is 29.5 Å². The molecule has 2 fully saturated rings. The van der Waals surface area contributed by atoms with E-state index in [1.807, 2.05) is 12.2 Å². The van der Waals surface area contributed by atoms with Gasteiger partial charge in [0.2, 0.25) is 5.91 Å². The van der Waals surface area contributed by atoms with Crippen molar-refractivity contribution in [1.29, 1.82) is 0 Å². The molecule has 0 radical (unpaired) electrons. The number of carbonyl (C=O) groups excluding carboxylic acids is 2. The number of nitrogens with one attached hydrogen (secondary N) is 2. The predicted octanol–water partition coefficient (Wildman–Crippen LogP) is 5.36. The largest absolute Gasteiger partial charge is 0.603 e. The Morgan fingerprint density at radius 2 is 2.00 bits per heavy atom. The summed E-state index contributed by atoms with van der Waals surface area (Å²) in [6, 6.07) is 8.02. The lowest BCUT2D eigenvalue weighted by molar-refractivity contribution is -0.137. The minimum absolute atomic E-state index is 0.0630. The van der Waals surface area contributed by atoms with E-state index in [1.54, 1.807) is 12.3 Å². The first kappa shape index (κ1) is 23.1. The molecule has 0 bridgehead atoms. The topological polar surface area (TPSA) is 93.9 Å². The number of nitrogens with zero attached hydrogens (tertiary/aromatic N) is 2. The first-order chi connectivity index (χ1) is 17.8. The Bertz CT molecular complexity index is 1420. The number of rotatable bonds is 3. The van der Waals surface area contributed by atoms with Gasteiger partial charge in [-0.05, 0) is 48.9 Å². The Kier molecular flexibility index (Phi) is 5.40.